The first kappa shape index (κ1) is 13.6. The first-order chi connectivity index (χ1) is 9.48. The van der Waals surface area contributed by atoms with Crippen molar-refractivity contribution in [2.24, 2.45) is 18.4 Å². The molecule has 2 heterocycles. The molecule has 3 rings (SSSR count). The van der Waals surface area contributed by atoms with Crippen molar-refractivity contribution in [3.63, 3.8) is 0 Å². The number of ether oxygens (including phenoxy) is 2. The zero-order chi connectivity index (χ0) is 14.3. The molecule has 5 nitrogen and oxygen atoms in total. The van der Waals surface area contributed by atoms with Gasteiger partial charge in [-0.25, -0.2) is 0 Å². The second-order valence-corrected chi connectivity index (χ2v) is 6.53. The highest BCUT2D eigenvalue weighted by molar-refractivity contribution is 5.72. The number of nitrogens with zero attached hydrogens (tertiary/aromatic N) is 2. The zero-order valence-electron chi connectivity index (χ0n) is 12.3. The number of rotatable bonds is 3. The molecule has 1 aliphatic heterocycles. The van der Waals surface area contributed by atoms with Gasteiger partial charge in [0.2, 0.25) is 0 Å². The van der Waals surface area contributed by atoms with Gasteiger partial charge >= 0.3 is 5.97 Å². The molecular weight excluding hydrogens is 256 g/mol. The standard InChI is InChI=1S/C15H22N2O3/c1-15(2)13-11(5-4-6-19-13)14(15)20-12(18)7-10-8-16-17(3)9-10/h8-9,11,13-14H,4-7H2,1-3H3/t11-,13-,14-/m1/s1. The molecule has 0 bridgehead atoms. The predicted octanol–water partition coefficient (Wildman–Crippen LogP) is 1.71. The van der Waals surface area contributed by atoms with E-state index in [9.17, 15) is 4.79 Å². The molecular formula is C15H22N2O3. The lowest BCUT2D eigenvalue weighted by molar-refractivity contribution is -0.254. The predicted molar refractivity (Wildman–Crippen MR) is 73.0 cm³/mol. The van der Waals surface area contributed by atoms with Crippen LogP contribution in [0.15, 0.2) is 12.4 Å². The summed E-state index contributed by atoms with van der Waals surface area (Å²) in [6.07, 6.45) is 6.23. The number of hydrogen-bond acceptors (Lipinski definition) is 4. The van der Waals surface area contributed by atoms with E-state index >= 15 is 0 Å². The van der Waals surface area contributed by atoms with E-state index in [4.69, 9.17) is 9.47 Å². The third kappa shape index (κ3) is 2.24. The number of carbonyl (C=O) groups is 1. The van der Waals surface area contributed by atoms with Crippen molar-refractivity contribution in [3.05, 3.63) is 18.0 Å². The topological polar surface area (TPSA) is 53.4 Å². The van der Waals surface area contributed by atoms with Crippen LogP contribution in [0.5, 0.6) is 0 Å². The number of aryl methyl sites for hydroxylation is 1. The van der Waals surface area contributed by atoms with E-state index in [0.29, 0.717) is 12.3 Å². The van der Waals surface area contributed by atoms with Crippen LogP contribution in [0, 0.1) is 11.3 Å². The summed E-state index contributed by atoms with van der Waals surface area (Å²) in [6.45, 7) is 5.09. The third-order valence-corrected chi connectivity index (χ3v) is 4.59. The Morgan fingerprint density at radius 1 is 1.60 bits per heavy atom. The van der Waals surface area contributed by atoms with Gasteiger partial charge in [0.15, 0.2) is 0 Å². The van der Waals surface area contributed by atoms with E-state index in [0.717, 1.165) is 25.0 Å². The Bertz CT molecular complexity index is 509. The minimum Gasteiger partial charge on any atom is -0.461 e. The maximum absolute atomic E-state index is 12.1. The van der Waals surface area contributed by atoms with Crippen molar-refractivity contribution in [2.75, 3.05) is 6.61 Å². The molecule has 1 aliphatic carbocycles. The molecule has 2 fully saturated rings. The van der Waals surface area contributed by atoms with Crippen molar-refractivity contribution >= 4 is 5.97 Å². The zero-order valence-corrected chi connectivity index (χ0v) is 12.3. The molecule has 0 spiro atoms. The molecule has 3 atom stereocenters. The minimum atomic E-state index is -0.167. The summed E-state index contributed by atoms with van der Waals surface area (Å²) in [6, 6.07) is 0. The monoisotopic (exact) mass is 278 g/mol. The van der Waals surface area contributed by atoms with Crippen LogP contribution in [0.4, 0.5) is 0 Å². The smallest absolute Gasteiger partial charge is 0.310 e. The number of fused-ring (bicyclic) bond motifs is 1. The second kappa shape index (κ2) is 4.88. The van der Waals surface area contributed by atoms with Gasteiger partial charge in [0.25, 0.3) is 0 Å². The van der Waals surface area contributed by atoms with E-state index < -0.39 is 0 Å². The van der Waals surface area contributed by atoms with Crippen molar-refractivity contribution in [1.29, 1.82) is 0 Å². The molecule has 0 radical (unpaired) electrons. The fraction of sp³-hybridized carbons (Fsp3) is 0.733. The molecule has 20 heavy (non-hydrogen) atoms. The molecule has 1 saturated heterocycles. The van der Waals surface area contributed by atoms with Gasteiger partial charge in [-0.05, 0) is 12.8 Å². The Kier molecular flexibility index (Phi) is 3.32. The third-order valence-electron chi connectivity index (χ3n) is 4.59. The maximum atomic E-state index is 12.1. The van der Waals surface area contributed by atoms with Crippen molar-refractivity contribution < 1.29 is 14.3 Å². The van der Waals surface area contributed by atoms with E-state index in [1.54, 1.807) is 10.9 Å². The second-order valence-electron chi connectivity index (χ2n) is 6.53. The molecule has 2 aliphatic rings. The molecule has 0 amide bonds. The highest BCUT2D eigenvalue weighted by atomic mass is 16.6. The quantitative estimate of drug-likeness (QED) is 0.790. The lowest BCUT2D eigenvalue weighted by Crippen LogP contribution is -2.65. The molecule has 110 valence electrons. The normalized spacial score (nSPS) is 31.2. The van der Waals surface area contributed by atoms with Gasteiger partial charge in [0, 0.05) is 36.7 Å². The fourth-order valence-corrected chi connectivity index (χ4v) is 3.63. The summed E-state index contributed by atoms with van der Waals surface area (Å²) in [7, 11) is 1.84. The summed E-state index contributed by atoms with van der Waals surface area (Å²) in [5.74, 6) is 0.205. The van der Waals surface area contributed by atoms with Crippen LogP contribution in [-0.4, -0.2) is 34.6 Å². The minimum absolute atomic E-state index is 0.0167. The van der Waals surface area contributed by atoms with E-state index in [-0.39, 0.29) is 23.6 Å². The molecule has 1 saturated carbocycles. The van der Waals surface area contributed by atoms with Gasteiger partial charge in [0.05, 0.1) is 18.7 Å². The summed E-state index contributed by atoms with van der Waals surface area (Å²) in [5.41, 5.74) is 0.821. The molecule has 1 aromatic rings. The summed E-state index contributed by atoms with van der Waals surface area (Å²) >= 11 is 0. The molecule has 5 heteroatoms. The van der Waals surface area contributed by atoms with Crippen LogP contribution in [0.25, 0.3) is 0 Å². The summed E-state index contributed by atoms with van der Waals surface area (Å²) in [4.78, 5) is 12.1. The number of aromatic nitrogens is 2. The first-order valence-electron chi connectivity index (χ1n) is 7.27. The van der Waals surface area contributed by atoms with Crippen molar-refractivity contribution in [2.45, 2.75) is 45.3 Å². The van der Waals surface area contributed by atoms with E-state index in [2.05, 4.69) is 18.9 Å². The van der Waals surface area contributed by atoms with E-state index in [1.807, 2.05) is 13.2 Å². The maximum Gasteiger partial charge on any atom is 0.310 e. The first-order valence-corrected chi connectivity index (χ1v) is 7.27. The molecule has 0 N–H and O–H groups in total. The molecule has 1 aromatic heterocycles. The Balaban J connectivity index is 1.61. The van der Waals surface area contributed by atoms with Crippen molar-refractivity contribution in [1.82, 2.24) is 9.78 Å². The average molecular weight is 278 g/mol. The Hall–Kier alpha value is -1.36. The Labute approximate surface area is 119 Å². The van der Waals surface area contributed by atoms with Crippen LogP contribution in [0.1, 0.15) is 32.3 Å². The lowest BCUT2D eigenvalue weighted by Gasteiger charge is -2.58. The van der Waals surface area contributed by atoms with E-state index in [1.165, 1.54) is 0 Å². The van der Waals surface area contributed by atoms with Crippen LogP contribution in [-0.2, 0) is 27.7 Å². The number of carbonyl (C=O) groups excluding carboxylic acids is 1. The van der Waals surface area contributed by atoms with Gasteiger partial charge in [-0.3, -0.25) is 9.48 Å². The average Bonchev–Trinajstić information content (AvgIpc) is 2.81. The van der Waals surface area contributed by atoms with Crippen LogP contribution < -0.4 is 0 Å². The molecule has 0 aromatic carbocycles. The number of esters is 1. The highest BCUT2D eigenvalue weighted by Crippen LogP contribution is 2.52. The van der Waals surface area contributed by atoms with Gasteiger partial charge in [0.1, 0.15) is 6.10 Å². The van der Waals surface area contributed by atoms with Gasteiger partial charge < -0.3 is 9.47 Å². The lowest BCUT2D eigenvalue weighted by atomic mass is 9.57. The van der Waals surface area contributed by atoms with Crippen LogP contribution >= 0.6 is 0 Å². The van der Waals surface area contributed by atoms with Crippen molar-refractivity contribution in [3.8, 4) is 0 Å². The van der Waals surface area contributed by atoms with Crippen LogP contribution in [0.2, 0.25) is 0 Å². The summed E-state index contributed by atoms with van der Waals surface area (Å²) < 4.78 is 13.2. The SMILES string of the molecule is Cn1cc(CC(=O)O[C@@H]2[C@@H]3CCCO[C@H]3C2(C)C)cn1. The molecule has 0 unspecified atom stereocenters. The number of hydrogen-bond donors (Lipinski definition) is 0. The van der Waals surface area contributed by atoms with Gasteiger partial charge in [-0.15, -0.1) is 0 Å². The largest absolute Gasteiger partial charge is 0.461 e. The Morgan fingerprint density at radius 2 is 2.40 bits per heavy atom. The fourth-order valence-electron chi connectivity index (χ4n) is 3.63. The Morgan fingerprint density at radius 3 is 3.10 bits per heavy atom. The summed E-state index contributed by atoms with van der Waals surface area (Å²) in [5, 5.41) is 4.07. The van der Waals surface area contributed by atoms with Gasteiger partial charge in [-0.1, -0.05) is 13.8 Å². The van der Waals surface area contributed by atoms with Gasteiger partial charge in [-0.2, -0.15) is 5.10 Å². The van der Waals surface area contributed by atoms with Crippen LogP contribution in [0.3, 0.4) is 0 Å². The highest BCUT2D eigenvalue weighted by Gasteiger charge is 2.60.